The zero-order chi connectivity index (χ0) is 23.0. The topological polar surface area (TPSA) is 86.1 Å². The first-order valence-electron chi connectivity index (χ1n) is 9.28. The maximum absolute atomic E-state index is 15.5. The summed E-state index contributed by atoms with van der Waals surface area (Å²) >= 11 is -2.62. The molecule has 0 bridgehead atoms. The average molecular weight is 465 g/mol. The van der Waals surface area contributed by atoms with Gasteiger partial charge in [0.2, 0.25) is 16.5 Å². The maximum atomic E-state index is 15.5. The number of aromatic nitrogens is 3. The summed E-state index contributed by atoms with van der Waals surface area (Å²) in [6, 6.07) is 1.92. The van der Waals surface area contributed by atoms with E-state index in [1.807, 2.05) is 0 Å². The van der Waals surface area contributed by atoms with E-state index in [4.69, 9.17) is 0 Å². The highest BCUT2D eigenvalue weighted by Crippen LogP contribution is 2.43. The number of carbonyl (C=O) groups excluding carboxylic acids is 1. The molecule has 13 heteroatoms. The van der Waals surface area contributed by atoms with Crippen molar-refractivity contribution in [3.8, 4) is 0 Å². The Bertz CT molecular complexity index is 926. The van der Waals surface area contributed by atoms with E-state index in [0.717, 1.165) is 30.1 Å². The first-order valence-corrected chi connectivity index (χ1v) is 10.4. The van der Waals surface area contributed by atoms with Crippen LogP contribution < -0.4 is 5.32 Å². The van der Waals surface area contributed by atoms with Gasteiger partial charge in [0.1, 0.15) is 0 Å². The first-order chi connectivity index (χ1) is 14.4. The Hall–Kier alpha value is -2.41. The fourth-order valence-electron chi connectivity index (χ4n) is 3.42. The molecule has 0 aliphatic carbocycles. The molecular formula is C18H20F5N5O2S. The van der Waals surface area contributed by atoms with Gasteiger partial charge in [-0.15, -0.1) is 0 Å². The van der Waals surface area contributed by atoms with Crippen molar-refractivity contribution in [1.82, 2.24) is 19.7 Å². The fourth-order valence-corrected chi connectivity index (χ4v) is 4.96. The van der Waals surface area contributed by atoms with Crippen molar-refractivity contribution < 1.29 is 31.3 Å². The Morgan fingerprint density at radius 2 is 1.90 bits per heavy atom. The number of likely N-dealkylation sites (tertiary alicyclic amines) is 1. The molecule has 1 aliphatic heterocycles. The van der Waals surface area contributed by atoms with Crippen LogP contribution in [-0.4, -0.2) is 48.3 Å². The minimum atomic E-state index is -4.86. The van der Waals surface area contributed by atoms with Crippen LogP contribution in [0.15, 0.2) is 29.4 Å². The van der Waals surface area contributed by atoms with E-state index in [2.05, 4.69) is 15.4 Å². The van der Waals surface area contributed by atoms with Gasteiger partial charge in [-0.2, -0.15) is 27.1 Å². The lowest BCUT2D eigenvalue weighted by Crippen LogP contribution is -2.48. The van der Waals surface area contributed by atoms with Crippen LogP contribution in [-0.2, 0) is 24.4 Å². The van der Waals surface area contributed by atoms with Crippen LogP contribution in [0.5, 0.6) is 0 Å². The molecule has 2 atom stereocenters. The lowest BCUT2D eigenvalue weighted by Gasteiger charge is -2.37. The number of hydrogen-bond donors (Lipinski definition) is 1. The summed E-state index contributed by atoms with van der Waals surface area (Å²) in [4.78, 5) is 16.4. The van der Waals surface area contributed by atoms with Crippen molar-refractivity contribution in [1.29, 1.82) is 0 Å². The van der Waals surface area contributed by atoms with Gasteiger partial charge in [0.25, 0.3) is 5.00 Å². The van der Waals surface area contributed by atoms with Gasteiger partial charge >= 0.3 is 12.2 Å². The molecule has 170 valence electrons. The number of nitrogens with zero attached hydrogens (tertiary/aromatic N) is 4. The Balaban J connectivity index is 1.65. The van der Waals surface area contributed by atoms with Crippen LogP contribution >= 0.6 is 0 Å². The molecule has 1 N–H and O–H groups in total. The molecule has 2 aromatic rings. The quantitative estimate of drug-likeness (QED) is 0.424. The zero-order valence-corrected chi connectivity index (χ0v) is 17.4. The van der Waals surface area contributed by atoms with E-state index in [1.165, 1.54) is 18.0 Å². The molecule has 3 heterocycles. The van der Waals surface area contributed by atoms with Gasteiger partial charge in [0.05, 0.1) is 18.1 Å². The minimum absolute atomic E-state index is 0.107. The summed E-state index contributed by atoms with van der Waals surface area (Å²) in [5.74, 6) is -1.53. The molecular weight excluding hydrogens is 445 g/mol. The third kappa shape index (κ3) is 5.09. The van der Waals surface area contributed by atoms with Crippen LogP contribution in [0.3, 0.4) is 0 Å². The normalized spacial score (nSPS) is 18.5. The summed E-state index contributed by atoms with van der Waals surface area (Å²) in [6.45, 7) is 1.24. The number of nitrogens with one attached hydrogen (secondary N) is 1. The van der Waals surface area contributed by atoms with Gasteiger partial charge in [-0.25, -0.2) is 9.78 Å². The number of aryl methyl sites for hydroxylation is 1. The molecule has 2 amide bonds. The van der Waals surface area contributed by atoms with Crippen LogP contribution in [0, 0.1) is 11.9 Å². The van der Waals surface area contributed by atoms with E-state index in [0.29, 0.717) is 0 Å². The molecule has 3 rings (SSSR count). The van der Waals surface area contributed by atoms with Crippen LogP contribution in [0.25, 0.3) is 0 Å². The number of urea groups is 1. The van der Waals surface area contributed by atoms with Gasteiger partial charge in [0, 0.05) is 44.2 Å². The lowest BCUT2D eigenvalue weighted by atomic mass is 9.92. The van der Waals surface area contributed by atoms with Gasteiger partial charge in [-0.1, -0.05) is 0 Å². The predicted octanol–water partition coefficient (Wildman–Crippen LogP) is 3.71. The van der Waals surface area contributed by atoms with Crippen molar-refractivity contribution in [3.63, 3.8) is 0 Å². The summed E-state index contributed by atoms with van der Waals surface area (Å²) in [5, 5.41) is 3.37. The highest BCUT2D eigenvalue weighted by atomic mass is 32.2. The minimum Gasteiger partial charge on any atom is -0.609 e. The van der Waals surface area contributed by atoms with Crippen LogP contribution in [0.2, 0.25) is 0 Å². The van der Waals surface area contributed by atoms with Crippen LogP contribution in [0.4, 0.5) is 32.4 Å². The number of alkyl halides is 4. The Morgan fingerprint density at radius 3 is 2.45 bits per heavy atom. The fraction of sp³-hybridized carbons (Fsp3) is 0.500. The van der Waals surface area contributed by atoms with Gasteiger partial charge in [-0.3, -0.25) is 4.68 Å². The zero-order valence-electron chi connectivity index (χ0n) is 16.6. The number of carbonyl (C=O) groups is 1. The van der Waals surface area contributed by atoms with E-state index >= 15 is 4.39 Å². The van der Waals surface area contributed by atoms with E-state index in [9.17, 15) is 26.9 Å². The smallest absolute Gasteiger partial charge is 0.440 e. The summed E-state index contributed by atoms with van der Waals surface area (Å²) < 4.78 is 81.5. The molecule has 7 nitrogen and oxygen atoms in total. The van der Waals surface area contributed by atoms with E-state index < -0.39 is 50.8 Å². The number of pyridine rings is 1. The van der Waals surface area contributed by atoms with Crippen molar-refractivity contribution in [2.24, 2.45) is 13.0 Å². The highest BCUT2D eigenvalue weighted by Gasteiger charge is 2.52. The lowest BCUT2D eigenvalue weighted by molar-refractivity contribution is -0.143. The molecule has 1 fully saturated rings. The average Bonchev–Trinajstić information content (AvgIpc) is 3.11. The molecule has 1 aliphatic rings. The highest BCUT2D eigenvalue weighted by molar-refractivity contribution is 7.92. The standard InChI is InChI=1S/C18H20F5N5O2S/c1-17(20,31(30)13-10-27(2)26-15(13)18(21,22)23)11-5-7-28(8-6-11)16(29)25-12-3-4-14(19)24-9-12/h3-4,9-11H,5-8H2,1-2H3,(H,25,29). The predicted molar refractivity (Wildman–Crippen MR) is 102 cm³/mol. The van der Waals surface area contributed by atoms with Gasteiger partial charge in [-0.05, 0) is 25.0 Å². The molecule has 2 unspecified atom stereocenters. The maximum Gasteiger partial charge on any atom is 0.440 e. The Morgan fingerprint density at radius 1 is 1.26 bits per heavy atom. The molecule has 31 heavy (non-hydrogen) atoms. The molecule has 0 spiro atoms. The van der Waals surface area contributed by atoms with E-state index in [-0.39, 0.29) is 31.6 Å². The van der Waals surface area contributed by atoms with Crippen molar-refractivity contribution in [2.45, 2.75) is 35.8 Å². The number of hydrogen-bond acceptors (Lipinski definition) is 4. The number of anilines is 1. The van der Waals surface area contributed by atoms with Gasteiger partial charge in [0.15, 0.2) is 0 Å². The van der Waals surface area contributed by atoms with Crippen LogP contribution in [0.1, 0.15) is 25.5 Å². The molecule has 2 aromatic heterocycles. The number of piperidine rings is 1. The summed E-state index contributed by atoms with van der Waals surface area (Å²) in [6.07, 6.45) is -2.59. The molecule has 0 radical (unpaired) electrons. The Labute approximate surface area is 177 Å². The molecule has 0 aromatic carbocycles. The first kappa shape index (κ1) is 23.3. The number of halogens is 5. The largest absolute Gasteiger partial charge is 0.609 e. The molecule has 0 saturated carbocycles. The third-order valence-electron chi connectivity index (χ3n) is 5.12. The Kier molecular flexibility index (Phi) is 6.46. The summed E-state index contributed by atoms with van der Waals surface area (Å²) in [7, 11) is 1.24. The SMILES string of the molecule is Cn1cc([S+]([O-])C(C)(F)C2CCN(C(=O)Nc3ccc(F)nc3)CC2)c(C(F)(F)F)n1. The molecule has 1 saturated heterocycles. The monoisotopic (exact) mass is 465 g/mol. The number of rotatable bonds is 4. The summed E-state index contributed by atoms with van der Waals surface area (Å²) in [5.41, 5.74) is -1.09. The third-order valence-corrected chi connectivity index (χ3v) is 6.87. The van der Waals surface area contributed by atoms with Crippen molar-refractivity contribution in [2.75, 3.05) is 18.4 Å². The number of amides is 2. The second-order valence-electron chi connectivity index (χ2n) is 7.33. The van der Waals surface area contributed by atoms with Crippen molar-refractivity contribution in [3.05, 3.63) is 36.2 Å². The van der Waals surface area contributed by atoms with Gasteiger partial charge < -0.3 is 14.8 Å². The van der Waals surface area contributed by atoms with Crippen molar-refractivity contribution >= 4 is 22.9 Å². The second-order valence-corrected chi connectivity index (χ2v) is 9.10. The van der Waals surface area contributed by atoms with E-state index in [1.54, 1.807) is 0 Å². The second kappa shape index (κ2) is 8.61.